The topological polar surface area (TPSA) is 29.3 Å². The first-order valence-electron chi connectivity index (χ1n) is 4.37. The molecule has 0 bridgehead atoms. The lowest BCUT2D eigenvalue weighted by Crippen LogP contribution is -2.58. The van der Waals surface area contributed by atoms with E-state index in [0.717, 1.165) is 18.6 Å². The molecule has 2 heteroatoms. The molecule has 1 heterocycles. The van der Waals surface area contributed by atoms with E-state index in [1.54, 1.807) is 0 Å². The maximum atomic E-state index is 5.60. The van der Waals surface area contributed by atoms with Gasteiger partial charge in [-0.1, -0.05) is 6.42 Å². The molecule has 1 saturated carbocycles. The third-order valence-corrected chi connectivity index (χ3v) is 3.01. The van der Waals surface area contributed by atoms with Crippen LogP contribution in [0.15, 0.2) is 0 Å². The number of hydrogen-bond donors (Lipinski definition) is 1. The number of nitrogens with two attached hydrogens (primary N) is 1. The van der Waals surface area contributed by atoms with Crippen molar-refractivity contribution in [1.82, 2.24) is 4.90 Å². The molecule has 2 aliphatic rings. The van der Waals surface area contributed by atoms with Gasteiger partial charge in [-0.15, -0.1) is 0 Å². The number of nitrogens with zero attached hydrogens (tertiary/aromatic N) is 1. The third-order valence-electron chi connectivity index (χ3n) is 3.01. The van der Waals surface area contributed by atoms with Gasteiger partial charge in [0, 0.05) is 25.2 Å². The molecule has 0 amide bonds. The zero-order valence-corrected chi connectivity index (χ0v) is 6.42. The highest BCUT2D eigenvalue weighted by Gasteiger charge is 2.35. The summed E-state index contributed by atoms with van der Waals surface area (Å²) in [5.74, 6) is 0. The summed E-state index contributed by atoms with van der Waals surface area (Å²) in [6, 6.07) is 1.66. The smallest absolute Gasteiger partial charge is 0.0233 e. The second kappa shape index (κ2) is 2.51. The van der Waals surface area contributed by atoms with E-state index in [1.807, 2.05) is 0 Å². The van der Waals surface area contributed by atoms with Crippen LogP contribution in [0.25, 0.3) is 0 Å². The molecule has 2 N–H and O–H groups in total. The van der Waals surface area contributed by atoms with Crippen LogP contribution in [0.1, 0.15) is 25.7 Å². The van der Waals surface area contributed by atoms with Crippen LogP contribution in [0.2, 0.25) is 0 Å². The van der Waals surface area contributed by atoms with E-state index in [0.29, 0.717) is 0 Å². The molecule has 1 unspecified atom stereocenters. The summed E-state index contributed by atoms with van der Waals surface area (Å²) >= 11 is 0. The first-order chi connectivity index (χ1) is 4.92. The fourth-order valence-corrected chi connectivity index (χ4v) is 1.91. The van der Waals surface area contributed by atoms with Crippen LogP contribution in [-0.4, -0.2) is 30.1 Å². The average molecular weight is 140 g/mol. The van der Waals surface area contributed by atoms with Crippen molar-refractivity contribution in [2.24, 2.45) is 5.73 Å². The Hall–Kier alpha value is -0.0800. The second-order valence-corrected chi connectivity index (χ2v) is 3.50. The van der Waals surface area contributed by atoms with Gasteiger partial charge in [-0.3, -0.25) is 4.90 Å². The highest BCUT2D eigenvalue weighted by molar-refractivity contribution is 4.91. The predicted molar refractivity (Wildman–Crippen MR) is 41.8 cm³/mol. The van der Waals surface area contributed by atoms with E-state index in [1.165, 1.54) is 32.2 Å². The van der Waals surface area contributed by atoms with Crippen molar-refractivity contribution in [2.45, 2.75) is 37.8 Å². The van der Waals surface area contributed by atoms with Gasteiger partial charge in [0.1, 0.15) is 0 Å². The fraction of sp³-hybridized carbons (Fsp3) is 1.00. The summed E-state index contributed by atoms with van der Waals surface area (Å²) in [4.78, 5) is 2.59. The Balaban J connectivity index is 1.81. The Morgan fingerprint density at radius 3 is 2.40 bits per heavy atom. The first kappa shape index (κ1) is 6.62. The molecule has 0 aromatic heterocycles. The average Bonchev–Trinajstić information content (AvgIpc) is 1.77. The van der Waals surface area contributed by atoms with Crippen LogP contribution < -0.4 is 5.73 Å². The lowest BCUT2D eigenvalue weighted by Gasteiger charge is -2.49. The van der Waals surface area contributed by atoms with Gasteiger partial charge in [0.15, 0.2) is 0 Å². The molecular formula is C8H16N2. The van der Waals surface area contributed by atoms with Crippen molar-refractivity contribution in [3.05, 3.63) is 0 Å². The molecule has 0 radical (unpaired) electrons. The van der Waals surface area contributed by atoms with Gasteiger partial charge < -0.3 is 5.73 Å². The van der Waals surface area contributed by atoms with Crippen molar-refractivity contribution >= 4 is 0 Å². The first-order valence-corrected chi connectivity index (χ1v) is 4.37. The molecule has 2 nitrogen and oxygen atoms in total. The zero-order chi connectivity index (χ0) is 6.97. The second-order valence-electron chi connectivity index (χ2n) is 3.50. The highest BCUT2D eigenvalue weighted by Crippen LogP contribution is 2.31. The van der Waals surface area contributed by atoms with E-state index >= 15 is 0 Å². The number of likely N-dealkylation sites (tertiary alicyclic amines) is 1. The standard InChI is InChI=1S/C8H16N2/c9-6-8-4-5-10(8)7-2-1-3-7/h7-8H,1-6,9H2. The predicted octanol–water partition coefficient (Wildman–Crippen LogP) is 0.572. The molecular weight excluding hydrogens is 124 g/mol. The summed E-state index contributed by atoms with van der Waals surface area (Å²) in [5.41, 5.74) is 5.60. The van der Waals surface area contributed by atoms with Crippen molar-refractivity contribution in [2.75, 3.05) is 13.1 Å². The van der Waals surface area contributed by atoms with Gasteiger partial charge in [-0.05, 0) is 19.3 Å². The monoisotopic (exact) mass is 140 g/mol. The Morgan fingerprint density at radius 2 is 2.10 bits per heavy atom. The van der Waals surface area contributed by atoms with Crippen LogP contribution in [0.3, 0.4) is 0 Å². The molecule has 0 aromatic carbocycles. The Bertz CT molecular complexity index is 110. The molecule has 2 rings (SSSR count). The lowest BCUT2D eigenvalue weighted by atomic mass is 9.86. The zero-order valence-electron chi connectivity index (χ0n) is 6.42. The minimum absolute atomic E-state index is 0.741. The SMILES string of the molecule is NCC1CCN1C1CCC1. The normalized spacial score (nSPS) is 35.1. The Labute approximate surface area is 62.4 Å². The quantitative estimate of drug-likeness (QED) is 0.607. The number of rotatable bonds is 2. The summed E-state index contributed by atoms with van der Waals surface area (Å²) in [6.45, 7) is 2.18. The molecule has 1 atom stereocenters. The van der Waals surface area contributed by atoms with Crippen molar-refractivity contribution in [1.29, 1.82) is 0 Å². The van der Waals surface area contributed by atoms with Gasteiger partial charge in [-0.2, -0.15) is 0 Å². The van der Waals surface area contributed by atoms with E-state index in [2.05, 4.69) is 4.90 Å². The molecule has 1 aliphatic heterocycles. The van der Waals surface area contributed by atoms with E-state index < -0.39 is 0 Å². The van der Waals surface area contributed by atoms with Gasteiger partial charge in [0.05, 0.1) is 0 Å². The van der Waals surface area contributed by atoms with Crippen LogP contribution in [0.5, 0.6) is 0 Å². The van der Waals surface area contributed by atoms with Gasteiger partial charge in [-0.25, -0.2) is 0 Å². The van der Waals surface area contributed by atoms with Gasteiger partial charge in [0.2, 0.25) is 0 Å². The van der Waals surface area contributed by atoms with Crippen LogP contribution in [0, 0.1) is 0 Å². The maximum absolute atomic E-state index is 5.60. The Kier molecular flexibility index (Phi) is 1.66. The third kappa shape index (κ3) is 0.867. The minimum Gasteiger partial charge on any atom is -0.329 e. The van der Waals surface area contributed by atoms with Crippen molar-refractivity contribution in [3.8, 4) is 0 Å². The summed E-state index contributed by atoms with van der Waals surface area (Å²) < 4.78 is 0. The molecule has 0 aromatic rings. The molecule has 1 aliphatic carbocycles. The summed E-state index contributed by atoms with van der Waals surface area (Å²) in [6.07, 6.45) is 5.64. The van der Waals surface area contributed by atoms with E-state index in [9.17, 15) is 0 Å². The van der Waals surface area contributed by atoms with Gasteiger partial charge in [0.25, 0.3) is 0 Å². The fourth-order valence-electron chi connectivity index (χ4n) is 1.91. The van der Waals surface area contributed by atoms with Crippen molar-refractivity contribution in [3.63, 3.8) is 0 Å². The molecule has 0 spiro atoms. The lowest BCUT2D eigenvalue weighted by molar-refractivity contribution is 0.0101. The van der Waals surface area contributed by atoms with E-state index in [4.69, 9.17) is 5.73 Å². The number of hydrogen-bond acceptors (Lipinski definition) is 2. The molecule has 10 heavy (non-hydrogen) atoms. The maximum Gasteiger partial charge on any atom is 0.0233 e. The van der Waals surface area contributed by atoms with Crippen LogP contribution in [0.4, 0.5) is 0 Å². The van der Waals surface area contributed by atoms with Crippen LogP contribution >= 0.6 is 0 Å². The van der Waals surface area contributed by atoms with Crippen molar-refractivity contribution < 1.29 is 0 Å². The minimum atomic E-state index is 0.741. The Morgan fingerprint density at radius 1 is 1.30 bits per heavy atom. The highest BCUT2D eigenvalue weighted by atomic mass is 15.2. The van der Waals surface area contributed by atoms with Crippen LogP contribution in [-0.2, 0) is 0 Å². The molecule has 1 saturated heterocycles. The summed E-state index contributed by atoms with van der Waals surface area (Å²) in [5, 5.41) is 0. The largest absolute Gasteiger partial charge is 0.329 e. The molecule has 58 valence electrons. The molecule has 2 fully saturated rings. The van der Waals surface area contributed by atoms with Gasteiger partial charge >= 0.3 is 0 Å². The van der Waals surface area contributed by atoms with E-state index in [-0.39, 0.29) is 0 Å². The summed E-state index contributed by atoms with van der Waals surface area (Å²) in [7, 11) is 0.